The summed E-state index contributed by atoms with van der Waals surface area (Å²) in [7, 11) is 1.60. The Kier molecular flexibility index (Phi) is 8.66. The van der Waals surface area contributed by atoms with Crippen molar-refractivity contribution in [2.75, 3.05) is 38.7 Å². The molecule has 0 heterocycles. The van der Waals surface area contributed by atoms with Crippen molar-refractivity contribution >= 4 is 11.6 Å². The van der Waals surface area contributed by atoms with Gasteiger partial charge in [-0.25, -0.2) is 0 Å². The third-order valence-electron chi connectivity index (χ3n) is 5.06. The third kappa shape index (κ3) is 7.11. The van der Waals surface area contributed by atoms with E-state index in [0.717, 1.165) is 16.9 Å². The Morgan fingerprint density at radius 1 is 0.938 bits per heavy atom. The second-order valence-electron chi connectivity index (χ2n) is 7.46. The second kappa shape index (κ2) is 11.9. The van der Waals surface area contributed by atoms with E-state index in [1.54, 1.807) is 31.4 Å². The number of ether oxygens (including phenoxy) is 2. The standard InChI is InChI=1S/C26H30N2O4/c1-3-28(18-26(30)27-22-11-15-24(31-2)16-12-22)17-23(29)19-32-25-13-9-21(10-14-25)20-7-5-4-6-8-20/h4-16,23,29H,3,17-19H2,1-2H3,(H,27,30)/t23-/m1/s1. The van der Waals surface area contributed by atoms with Crippen molar-refractivity contribution < 1.29 is 19.4 Å². The van der Waals surface area contributed by atoms with E-state index in [0.29, 0.717) is 24.5 Å². The highest BCUT2D eigenvalue weighted by molar-refractivity contribution is 5.92. The number of hydrogen-bond acceptors (Lipinski definition) is 5. The highest BCUT2D eigenvalue weighted by atomic mass is 16.5. The zero-order chi connectivity index (χ0) is 22.8. The number of hydrogen-bond donors (Lipinski definition) is 2. The molecule has 0 unspecified atom stereocenters. The molecular weight excluding hydrogens is 404 g/mol. The van der Waals surface area contributed by atoms with Crippen LogP contribution in [-0.4, -0.2) is 55.4 Å². The molecule has 0 aliphatic heterocycles. The second-order valence-corrected chi connectivity index (χ2v) is 7.46. The summed E-state index contributed by atoms with van der Waals surface area (Å²) in [5.74, 6) is 1.29. The van der Waals surface area contributed by atoms with E-state index in [9.17, 15) is 9.90 Å². The number of anilines is 1. The fourth-order valence-corrected chi connectivity index (χ4v) is 3.30. The van der Waals surface area contributed by atoms with Gasteiger partial charge >= 0.3 is 0 Å². The molecule has 1 amide bonds. The molecule has 6 heteroatoms. The minimum atomic E-state index is -0.711. The van der Waals surface area contributed by atoms with Crippen LogP contribution in [-0.2, 0) is 4.79 Å². The van der Waals surface area contributed by atoms with Crippen LogP contribution in [0.1, 0.15) is 6.92 Å². The zero-order valence-corrected chi connectivity index (χ0v) is 18.5. The monoisotopic (exact) mass is 434 g/mol. The Bertz CT molecular complexity index is 959. The molecular formula is C26H30N2O4. The summed E-state index contributed by atoms with van der Waals surface area (Å²) in [6.45, 7) is 3.27. The summed E-state index contributed by atoms with van der Waals surface area (Å²) >= 11 is 0. The van der Waals surface area contributed by atoms with Gasteiger partial charge in [0, 0.05) is 12.2 Å². The molecule has 3 rings (SSSR count). The van der Waals surface area contributed by atoms with Gasteiger partial charge in [-0.05, 0) is 54.1 Å². The summed E-state index contributed by atoms with van der Waals surface area (Å²) in [4.78, 5) is 14.2. The summed E-state index contributed by atoms with van der Waals surface area (Å²) in [6, 6.07) is 25.1. The molecule has 0 spiro atoms. The molecule has 3 aromatic rings. The third-order valence-corrected chi connectivity index (χ3v) is 5.06. The molecule has 2 N–H and O–H groups in total. The Labute approximate surface area is 189 Å². The van der Waals surface area contributed by atoms with Gasteiger partial charge in [0.05, 0.1) is 13.7 Å². The average Bonchev–Trinajstić information content (AvgIpc) is 2.83. The van der Waals surface area contributed by atoms with E-state index < -0.39 is 6.10 Å². The van der Waals surface area contributed by atoms with Crippen molar-refractivity contribution in [3.8, 4) is 22.6 Å². The van der Waals surface area contributed by atoms with Gasteiger partial charge in [0.15, 0.2) is 0 Å². The number of likely N-dealkylation sites (N-methyl/N-ethyl adjacent to an activating group) is 1. The lowest BCUT2D eigenvalue weighted by molar-refractivity contribution is -0.117. The Balaban J connectivity index is 1.44. The molecule has 0 aliphatic carbocycles. The lowest BCUT2D eigenvalue weighted by Gasteiger charge is -2.23. The number of nitrogens with one attached hydrogen (secondary N) is 1. The maximum absolute atomic E-state index is 12.3. The number of aliphatic hydroxyl groups is 1. The molecule has 0 saturated heterocycles. The summed E-state index contributed by atoms with van der Waals surface area (Å²) < 4.78 is 10.9. The van der Waals surface area contributed by atoms with Gasteiger partial charge in [-0.15, -0.1) is 0 Å². The molecule has 1 atom stereocenters. The first-order chi connectivity index (χ1) is 15.6. The highest BCUT2D eigenvalue weighted by Crippen LogP contribution is 2.22. The predicted octanol–water partition coefficient (Wildman–Crippen LogP) is 4.06. The minimum Gasteiger partial charge on any atom is -0.497 e. The average molecular weight is 435 g/mol. The topological polar surface area (TPSA) is 71.0 Å². The molecule has 32 heavy (non-hydrogen) atoms. The van der Waals surface area contributed by atoms with Crippen molar-refractivity contribution in [2.24, 2.45) is 0 Å². The first-order valence-corrected chi connectivity index (χ1v) is 10.7. The van der Waals surface area contributed by atoms with Crippen LogP contribution in [0.5, 0.6) is 11.5 Å². The molecule has 0 aromatic heterocycles. The number of methoxy groups -OCH3 is 1. The van der Waals surface area contributed by atoms with Gasteiger partial charge in [0.25, 0.3) is 0 Å². The Morgan fingerprint density at radius 2 is 1.56 bits per heavy atom. The highest BCUT2D eigenvalue weighted by Gasteiger charge is 2.15. The molecule has 0 saturated carbocycles. The van der Waals surface area contributed by atoms with Crippen molar-refractivity contribution in [1.82, 2.24) is 4.90 Å². The maximum Gasteiger partial charge on any atom is 0.238 e. The van der Waals surface area contributed by atoms with Crippen LogP contribution in [0.25, 0.3) is 11.1 Å². The first-order valence-electron chi connectivity index (χ1n) is 10.7. The molecule has 0 bridgehead atoms. The first kappa shape index (κ1) is 23.3. The lowest BCUT2D eigenvalue weighted by Crippen LogP contribution is -2.40. The number of rotatable bonds is 11. The number of carbonyl (C=O) groups excluding carboxylic acids is 1. The zero-order valence-electron chi connectivity index (χ0n) is 18.5. The van der Waals surface area contributed by atoms with Crippen LogP contribution in [0.3, 0.4) is 0 Å². The van der Waals surface area contributed by atoms with Crippen LogP contribution in [0.15, 0.2) is 78.9 Å². The minimum absolute atomic E-state index is 0.137. The quantitative estimate of drug-likeness (QED) is 0.476. The van der Waals surface area contributed by atoms with Crippen LogP contribution < -0.4 is 14.8 Å². The number of nitrogens with zero attached hydrogens (tertiary/aromatic N) is 1. The van der Waals surface area contributed by atoms with Crippen LogP contribution in [0.4, 0.5) is 5.69 Å². The van der Waals surface area contributed by atoms with Gasteiger partial charge in [-0.3, -0.25) is 9.69 Å². The van der Waals surface area contributed by atoms with E-state index in [4.69, 9.17) is 9.47 Å². The van der Waals surface area contributed by atoms with Crippen molar-refractivity contribution in [3.05, 3.63) is 78.9 Å². The smallest absolute Gasteiger partial charge is 0.238 e. The van der Waals surface area contributed by atoms with Crippen molar-refractivity contribution in [3.63, 3.8) is 0 Å². The molecule has 3 aromatic carbocycles. The van der Waals surface area contributed by atoms with Crippen molar-refractivity contribution in [2.45, 2.75) is 13.0 Å². The number of aliphatic hydroxyl groups excluding tert-OH is 1. The Hall–Kier alpha value is -3.35. The normalized spacial score (nSPS) is 11.8. The van der Waals surface area contributed by atoms with Crippen LogP contribution >= 0.6 is 0 Å². The fraction of sp³-hybridized carbons (Fsp3) is 0.269. The Morgan fingerprint density at radius 3 is 2.19 bits per heavy atom. The van der Waals surface area contributed by atoms with Gasteiger partial charge in [-0.2, -0.15) is 0 Å². The number of amides is 1. The van der Waals surface area contributed by atoms with Crippen LogP contribution in [0, 0.1) is 0 Å². The van der Waals surface area contributed by atoms with Crippen LogP contribution in [0.2, 0.25) is 0 Å². The summed E-state index contributed by atoms with van der Waals surface area (Å²) in [5.41, 5.74) is 2.96. The molecule has 168 valence electrons. The van der Waals surface area contributed by atoms with Gasteiger partial charge < -0.3 is 19.9 Å². The molecule has 0 fully saturated rings. The largest absolute Gasteiger partial charge is 0.497 e. The number of benzene rings is 3. The number of carbonyl (C=O) groups is 1. The van der Waals surface area contributed by atoms with E-state index in [-0.39, 0.29) is 19.1 Å². The predicted molar refractivity (Wildman–Crippen MR) is 127 cm³/mol. The maximum atomic E-state index is 12.3. The van der Waals surface area contributed by atoms with Gasteiger partial charge in [-0.1, -0.05) is 49.4 Å². The van der Waals surface area contributed by atoms with E-state index in [2.05, 4.69) is 17.4 Å². The summed E-state index contributed by atoms with van der Waals surface area (Å²) in [6.07, 6.45) is -0.711. The van der Waals surface area contributed by atoms with Gasteiger partial charge in [0.2, 0.25) is 5.91 Å². The van der Waals surface area contributed by atoms with E-state index in [1.807, 2.05) is 54.3 Å². The molecule has 6 nitrogen and oxygen atoms in total. The fourth-order valence-electron chi connectivity index (χ4n) is 3.30. The molecule has 0 aliphatic rings. The summed E-state index contributed by atoms with van der Waals surface area (Å²) in [5, 5.41) is 13.3. The van der Waals surface area contributed by atoms with E-state index >= 15 is 0 Å². The lowest BCUT2D eigenvalue weighted by atomic mass is 10.1. The van der Waals surface area contributed by atoms with Gasteiger partial charge in [0.1, 0.15) is 24.2 Å². The van der Waals surface area contributed by atoms with E-state index in [1.165, 1.54) is 0 Å². The van der Waals surface area contributed by atoms with Crippen molar-refractivity contribution in [1.29, 1.82) is 0 Å². The SMILES string of the molecule is CCN(CC(=O)Nc1ccc(OC)cc1)C[C@@H](O)COc1ccc(-c2ccccc2)cc1. The molecule has 0 radical (unpaired) electrons.